The maximum absolute atomic E-state index is 10.8. The van der Waals surface area contributed by atoms with Gasteiger partial charge in [0.25, 0.3) is 5.91 Å². The van der Waals surface area contributed by atoms with Gasteiger partial charge < -0.3 is 0 Å². The molecule has 0 saturated carbocycles. The Morgan fingerprint density at radius 2 is 2.18 bits per heavy atom. The lowest BCUT2D eigenvalue weighted by molar-refractivity contribution is 0.0972. The van der Waals surface area contributed by atoms with Gasteiger partial charge in [-0.15, -0.1) is 0 Å². The van der Waals surface area contributed by atoms with Crippen LogP contribution in [0.5, 0.6) is 0 Å². The molecule has 54 valence electrons. The number of nitrogens with zero attached hydrogens (tertiary/aromatic N) is 3. The first-order chi connectivity index (χ1) is 5.34. The van der Waals surface area contributed by atoms with Crippen molar-refractivity contribution in [3.8, 4) is 6.19 Å². The Morgan fingerprint density at radius 1 is 1.55 bits per heavy atom. The molecule has 5 nitrogen and oxygen atoms in total. The lowest BCUT2D eigenvalue weighted by Crippen LogP contribution is -2.17. The van der Waals surface area contributed by atoms with E-state index in [1.165, 1.54) is 24.9 Å². The summed E-state index contributed by atoms with van der Waals surface area (Å²) < 4.78 is 0. The summed E-state index contributed by atoms with van der Waals surface area (Å²) >= 11 is 0. The van der Waals surface area contributed by atoms with E-state index in [1.54, 1.807) is 0 Å². The first kappa shape index (κ1) is 7.15. The Bertz CT molecular complexity index is 289. The van der Waals surface area contributed by atoms with Crippen molar-refractivity contribution in [1.82, 2.24) is 15.3 Å². The van der Waals surface area contributed by atoms with Crippen molar-refractivity contribution in [2.24, 2.45) is 0 Å². The molecular weight excluding hydrogens is 144 g/mol. The second-order valence-electron chi connectivity index (χ2n) is 1.69. The first-order valence-corrected chi connectivity index (χ1v) is 2.79. The van der Waals surface area contributed by atoms with Crippen molar-refractivity contribution in [3.05, 3.63) is 24.3 Å². The van der Waals surface area contributed by atoms with E-state index in [-0.39, 0.29) is 5.56 Å². The zero-order valence-corrected chi connectivity index (χ0v) is 5.48. The molecule has 0 bridgehead atoms. The predicted molar refractivity (Wildman–Crippen MR) is 35.1 cm³/mol. The standard InChI is InChI=1S/C6H4N4O/c7-3-10-6(11)5-1-8-4-9-2-5/h1-2,4H,(H,10,11). The number of aromatic nitrogens is 2. The number of rotatable bonds is 1. The molecule has 0 aliphatic rings. The molecule has 0 unspecified atom stereocenters. The van der Waals surface area contributed by atoms with Crippen LogP contribution in [0.4, 0.5) is 0 Å². The van der Waals surface area contributed by atoms with E-state index in [2.05, 4.69) is 9.97 Å². The van der Waals surface area contributed by atoms with Gasteiger partial charge >= 0.3 is 0 Å². The summed E-state index contributed by atoms with van der Waals surface area (Å²) in [5.74, 6) is -0.492. The van der Waals surface area contributed by atoms with Crippen molar-refractivity contribution in [2.45, 2.75) is 0 Å². The molecular formula is C6H4N4O. The summed E-state index contributed by atoms with van der Waals surface area (Å²) in [5, 5.41) is 10.0. The third-order valence-corrected chi connectivity index (χ3v) is 0.992. The lowest BCUT2D eigenvalue weighted by Gasteiger charge is -1.92. The summed E-state index contributed by atoms with van der Waals surface area (Å²) in [6.45, 7) is 0. The molecule has 0 saturated heterocycles. The van der Waals surface area contributed by atoms with E-state index in [4.69, 9.17) is 5.26 Å². The van der Waals surface area contributed by atoms with Gasteiger partial charge in [-0.1, -0.05) is 0 Å². The molecule has 0 spiro atoms. The zero-order valence-electron chi connectivity index (χ0n) is 5.48. The Kier molecular flexibility index (Phi) is 2.13. The summed E-state index contributed by atoms with van der Waals surface area (Å²) in [6, 6.07) is 0. The van der Waals surface area contributed by atoms with E-state index < -0.39 is 5.91 Å². The summed E-state index contributed by atoms with van der Waals surface area (Å²) in [5.41, 5.74) is 0.272. The number of nitriles is 1. The van der Waals surface area contributed by atoms with Crippen LogP contribution < -0.4 is 5.32 Å². The maximum Gasteiger partial charge on any atom is 0.267 e. The van der Waals surface area contributed by atoms with E-state index >= 15 is 0 Å². The van der Waals surface area contributed by atoms with Crippen LogP contribution in [0.25, 0.3) is 0 Å². The highest BCUT2D eigenvalue weighted by Gasteiger charge is 2.02. The molecule has 1 N–H and O–H groups in total. The van der Waals surface area contributed by atoms with Gasteiger partial charge in [0, 0.05) is 12.4 Å². The third kappa shape index (κ3) is 1.72. The Hall–Kier alpha value is -1.96. The van der Waals surface area contributed by atoms with Crippen LogP contribution in [0.3, 0.4) is 0 Å². The highest BCUT2D eigenvalue weighted by atomic mass is 16.1. The second-order valence-corrected chi connectivity index (χ2v) is 1.69. The average molecular weight is 148 g/mol. The minimum absolute atomic E-state index is 0.272. The fraction of sp³-hybridized carbons (Fsp3) is 0. The number of amides is 1. The number of carbonyl (C=O) groups excluding carboxylic acids is 1. The molecule has 11 heavy (non-hydrogen) atoms. The maximum atomic E-state index is 10.8. The van der Waals surface area contributed by atoms with E-state index in [9.17, 15) is 4.79 Å². The topological polar surface area (TPSA) is 78.7 Å². The molecule has 1 aromatic rings. The Balaban J connectivity index is 2.79. The minimum atomic E-state index is -0.492. The van der Waals surface area contributed by atoms with Gasteiger partial charge in [0.15, 0.2) is 6.19 Å². The molecule has 5 heteroatoms. The van der Waals surface area contributed by atoms with Crippen molar-refractivity contribution in [2.75, 3.05) is 0 Å². The highest BCUT2D eigenvalue weighted by molar-refractivity contribution is 5.94. The normalized spacial score (nSPS) is 8.27. The smallest absolute Gasteiger partial charge is 0.267 e. The molecule has 1 aromatic heterocycles. The molecule has 0 aliphatic heterocycles. The molecule has 0 fully saturated rings. The minimum Gasteiger partial charge on any atom is -0.268 e. The fourth-order valence-electron chi connectivity index (χ4n) is 0.539. The summed E-state index contributed by atoms with van der Waals surface area (Å²) in [7, 11) is 0. The number of carbonyl (C=O) groups is 1. The van der Waals surface area contributed by atoms with Gasteiger partial charge in [0.1, 0.15) is 6.33 Å². The second kappa shape index (κ2) is 3.27. The summed E-state index contributed by atoms with van der Waals surface area (Å²) in [4.78, 5) is 18.0. The molecule has 0 aromatic carbocycles. The van der Waals surface area contributed by atoms with Crippen LogP contribution in [0, 0.1) is 11.5 Å². The van der Waals surface area contributed by atoms with Crippen LogP contribution in [0.15, 0.2) is 18.7 Å². The van der Waals surface area contributed by atoms with E-state index in [1.807, 2.05) is 5.32 Å². The molecule has 1 rings (SSSR count). The van der Waals surface area contributed by atoms with Gasteiger partial charge in [0.2, 0.25) is 0 Å². The quantitative estimate of drug-likeness (QED) is 0.437. The molecule has 0 aliphatic carbocycles. The van der Waals surface area contributed by atoms with Crippen LogP contribution in [-0.4, -0.2) is 15.9 Å². The fourth-order valence-corrected chi connectivity index (χ4v) is 0.539. The first-order valence-electron chi connectivity index (χ1n) is 2.79. The van der Waals surface area contributed by atoms with Crippen LogP contribution in [0.2, 0.25) is 0 Å². The zero-order chi connectivity index (χ0) is 8.10. The molecule has 0 atom stereocenters. The van der Waals surface area contributed by atoms with Crippen molar-refractivity contribution in [1.29, 1.82) is 5.26 Å². The SMILES string of the molecule is N#CNC(=O)c1cncnc1. The molecule has 0 radical (unpaired) electrons. The average Bonchev–Trinajstić information content (AvgIpc) is 2.07. The van der Waals surface area contributed by atoms with Gasteiger partial charge in [-0.05, 0) is 0 Å². The molecule has 1 amide bonds. The monoisotopic (exact) mass is 148 g/mol. The van der Waals surface area contributed by atoms with Crippen molar-refractivity contribution >= 4 is 5.91 Å². The van der Waals surface area contributed by atoms with E-state index in [0.29, 0.717) is 0 Å². The largest absolute Gasteiger partial charge is 0.268 e. The van der Waals surface area contributed by atoms with Gasteiger partial charge in [-0.2, -0.15) is 5.26 Å². The number of hydrogen-bond acceptors (Lipinski definition) is 4. The van der Waals surface area contributed by atoms with Crippen molar-refractivity contribution in [3.63, 3.8) is 0 Å². The number of nitrogens with one attached hydrogen (secondary N) is 1. The van der Waals surface area contributed by atoms with Gasteiger partial charge in [-0.25, -0.2) is 9.97 Å². The van der Waals surface area contributed by atoms with E-state index in [0.717, 1.165) is 0 Å². The van der Waals surface area contributed by atoms with Gasteiger partial charge in [-0.3, -0.25) is 10.1 Å². The van der Waals surface area contributed by atoms with Crippen molar-refractivity contribution < 1.29 is 4.79 Å². The number of hydrogen-bond donors (Lipinski definition) is 1. The Morgan fingerprint density at radius 3 is 2.73 bits per heavy atom. The summed E-state index contributed by atoms with van der Waals surface area (Å²) in [6.07, 6.45) is 5.49. The van der Waals surface area contributed by atoms with Crippen LogP contribution >= 0.6 is 0 Å². The Labute approximate surface area is 62.7 Å². The molecule has 1 heterocycles. The van der Waals surface area contributed by atoms with Gasteiger partial charge in [0.05, 0.1) is 5.56 Å². The highest BCUT2D eigenvalue weighted by Crippen LogP contribution is 1.90. The predicted octanol–water partition coefficient (Wildman–Crippen LogP) is -0.313. The third-order valence-electron chi connectivity index (χ3n) is 0.992. The van der Waals surface area contributed by atoms with Crippen LogP contribution in [-0.2, 0) is 0 Å². The lowest BCUT2D eigenvalue weighted by atomic mass is 10.3. The van der Waals surface area contributed by atoms with Crippen LogP contribution in [0.1, 0.15) is 10.4 Å².